The summed E-state index contributed by atoms with van der Waals surface area (Å²) in [6.07, 6.45) is 0. The van der Waals surface area contributed by atoms with Crippen LogP contribution >= 0.6 is 0 Å². The standard InChI is InChI=1S/C13H19FN2O/c1-8-5-9(15)6-10(11(8)14)12(17)16-7-13(2,3)4/h5-6H,7,15H2,1-4H3,(H,16,17). The molecule has 0 saturated heterocycles. The molecule has 0 atom stereocenters. The molecule has 4 heteroatoms. The van der Waals surface area contributed by atoms with Gasteiger partial charge < -0.3 is 11.1 Å². The predicted molar refractivity (Wildman–Crippen MR) is 67.3 cm³/mol. The number of carbonyl (C=O) groups is 1. The SMILES string of the molecule is Cc1cc(N)cc(C(=O)NCC(C)(C)C)c1F. The summed E-state index contributed by atoms with van der Waals surface area (Å²) in [5, 5.41) is 2.70. The molecule has 3 N–H and O–H groups in total. The topological polar surface area (TPSA) is 55.1 Å². The maximum absolute atomic E-state index is 13.7. The number of rotatable bonds is 2. The Morgan fingerprint density at radius 3 is 2.53 bits per heavy atom. The first-order chi connectivity index (χ1) is 7.70. The van der Waals surface area contributed by atoms with Gasteiger partial charge in [0.25, 0.3) is 5.91 Å². The highest BCUT2D eigenvalue weighted by Crippen LogP contribution is 2.17. The number of carbonyl (C=O) groups excluding carboxylic acids is 1. The Hall–Kier alpha value is -1.58. The largest absolute Gasteiger partial charge is 0.399 e. The van der Waals surface area contributed by atoms with Crippen molar-refractivity contribution in [2.24, 2.45) is 5.41 Å². The van der Waals surface area contributed by atoms with Crippen LogP contribution in [-0.2, 0) is 0 Å². The van der Waals surface area contributed by atoms with Crippen LogP contribution in [0, 0.1) is 18.2 Å². The zero-order valence-electron chi connectivity index (χ0n) is 10.7. The molecule has 0 fully saturated rings. The molecule has 94 valence electrons. The highest BCUT2D eigenvalue weighted by molar-refractivity contribution is 5.95. The van der Waals surface area contributed by atoms with Crippen LogP contribution in [0.3, 0.4) is 0 Å². The van der Waals surface area contributed by atoms with Crippen molar-refractivity contribution in [2.45, 2.75) is 27.7 Å². The quantitative estimate of drug-likeness (QED) is 0.778. The molecule has 1 aromatic carbocycles. The van der Waals surface area contributed by atoms with Gasteiger partial charge in [-0.2, -0.15) is 0 Å². The number of anilines is 1. The van der Waals surface area contributed by atoms with E-state index in [1.807, 2.05) is 20.8 Å². The molecule has 0 aliphatic heterocycles. The molecule has 17 heavy (non-hydrogen) atoms. The zero-order chi connectivity index (χ0) is 13.2. The van der Waals surface area contributed by atoms with Crippen LogP contribution in [-0.4, -0.2) is 12.5 Å². The van der Waals surface area contributed by atoms with Crippen molar-refractivity contribution in [3.8, 4) is 0 Å². The van der Waals surface area contributed by atoms with Gasteiger partial charge in [-0.25, -0.2) is 4.39 Å². The van der Waals surface area contributed by atoms with E-state index in [0.717, 1.165) is 0 Å². The van der Waals surface area contributed by atoms with Gasteiger partial charge in [-0.3, -0.25) is 4.79 Å². The summed E-state index contributed by atoms with van der Waals surface area (Å²) >= 11 is 0. The number of nitrogens with one attached hydrogen (secondary N) is 1. The number of nitrogens with two attached hydrogens (primary N) is 1. The fourth-order valence-corrected chi connectivity index (χ4v) is 1.40. The minimum Gasteiger partial charge on any atom is -0.399 e. The normalized spacial score (nSPS) is 11.4. The van der Waals surface area contributed by atoms with E-state index in [1.165, 1.54) is 12.1 Å². The van der Waals surface area contributed by atoms with E-state index in [9.17, 15) is 9.18 Å². The molecule has 0 bridgehead atoms. The maximum atomic E-state index is 13.7. The Bertz CT molecular complexity index is 436. The van der Waals surface area contributed by atoms with Crippen LogP contribution in [0.25, 0.3) is 0 Å². The van der Waals surface area contributed by atoms with E-state index < -0.39 is 11.7 Å². The molecule has 0 heterocycles. The van der Waals surface area contributed by atoms with Crippen LogP contribution < -0.4 is 11.1 Å². The van der Waals surface area contributed by atoms with Crippen LogP contribution in [0.1, 0.15) is 36.7 Å². The second kappa shape index (κ2) is 4.73. The smallest absolute Gasteiger partial charge is 0.254 e. The van der Waals surface area contributed by atoms with Gasteiger partial charge in [0.2, 0.25) is 0 Å². The number of aryl methyl sites for hydroxylation is 1. The lowest BCUT2D eigenvalue weighted by atomic mass is 9.97. The average molecular weight is 238 g/mol. The monoisotopic (exact) mass is 238 g/mol. The molecule has 0 spiro atoms. The lowest BCUT2D eigenvalue weighted by molar-refractivity contribution is 0.0935. The summed E-state index contributed by atoms with van der Waals surface area (Å²) in [5.41, 5.74) is 6.34. The Morgan fingerprint density at radius 2 is 2.00 bits per heavy atom. The molecule has 1 aromatic rings. The van der Waals surface area contributed by atoms with Crippen molar-refractivity contribution in [1.82, 2.24) is 5.32 Å². The first kappa shape index (κ1) is 13.5. The number of hydrogen-bond donors (Lipinski definition) is 2. The van der Waals surface area contributed by atoms with Gasteiger partial charge in [0.1, 0.15) is 5.82 Å². The minimum absolute atomic E-state index is 0.00625. The molecule has 0 saturated carbocycles. The van der Waals surface area contributed by atoms with Crippen molar-refractivity contribution in [1.29, 1.82) is 0 Å². The minimum atomic E-state index is -0.509. The summed E-state index contributed by atoms with van der Waals surface area (Å²) < 4.78 is 13.7. The van der Waals surface area contributed by atoms with Gasteiger partial charge in [0.05, 0.1) is 5.56 Å². The summed E-state index contributed by atoms with van der Waals surface area (Å²) in [4.78, 5) is 11.8. The third-order valence-electron chi connectivity index (χ3n) is 2.30. The van der Waals surface area contributed by atoms with Crippen LogP contribution in [0.4, 0.5) is 10.1 Å². The molecule has 0 aliphatic carbocycles. The highest BCUT2D eigenvalue weighted by Gasteiger charge is 2.17. The molecule has 0 aliphatic rings. The number of amides is 1. The van der Waals surface area contributed by atoms with Gasteiger partial charge in [-0.05, 0) is 30.0 Å². The van der Waals surface area contributed by atoms with E-state index in [1.54, 1.807) is 6.92 Å². The lowest BCUT2D eigenvalue weighted by Gasteiger charge is -2.19. The molecule has 1 amide bonds. The first-order valence-corrected chi connectivity index (χ1v) is 5.54. The second-order valence-electron chi connectivity index (χ2n) is 5.44. The zero-order valence-corrected chi connectivity index (χ0v) is 10.7. The molecule has 3 nitrogen and oxygen atoms in total. The third-order valence-corrected chi connectivity index (χ3v) is 2.30. The Balaban J connectivity index is 2.90. The van der Waals surface area contributed by atoms with E-state index in [0.29, 0.717) is 17.8 Å². The number of benzene rings is 1. The molecule has 0 aromatic heterocycles. The third kappa shape index (κ3) is 3.73. The van der Waals surface area contributed by atoms with Crippen LogP contribution in [0.5, 0.6) is 0 Å². The van der Waals surface area contributed by atoms with Crippen molar-refractivity contribution in [3.05, 3.63) is 29.1 Å². The van der Waals surface area contributed by atoms with Crippen molar-refractivity contribution in [3.63, 3.8) is 0 Å². The first-order valence-electron chi connectivity index (χ1n) is 5.54. The van der Waals surface area contributed by atoms with Crippen molar-refractivity contribution < 1.29 is 9.18 Å². The number of nitrogen functional groups attached to an aromatic ring is 1. The molecule has 0 unspecified atom stereocenters. The van der Waals surface area contributed by atoms with E-state index >= 15 is 0 Å². The van der Waals surface area contributed by atoms with Gasteiger partial charge in [0, 0.05) is 12.2 Å². The second-order valence-corrected chi connectivity index (χ2v) is 5.44. The molecule has 0 radical (unpaired) electrons. The summed E-state index contributed by atoms with van der Waals surface area (Å²) in [6, 6.07) is 2.87. The predicted octanol–water partition coefficient (Wildman–Crippen LogP) is 2.49. The average Bonchev–Trinajstić information content (AvgIpc) is 2.19. The highest BCUT2D eigenvalue weighted by atomic mass is 19.1. The molecular weight excluding hydrogens is 219 g/mol. The van der Waals surface area contributed by atoms with Crippen LogP contribution in [0.2, 0.25) is 0 Å². The number of halogens is 1. The van der Waals surface area contributed by atoms with E-state index in [4.69, 9.17) is 5.73 Å². The fourth-order valence-electron chi connectivity index (χ4n) is 1.40. The lowest BCUT2D eigenvalue weighted by Crippen LogP contribution is -2.32. The van der Waals surface area contributed by atoms with E-state index in [2.05, 4.69) is 5.32 Å². The Labute approximate surface area is 101 Å². The van der Waals surface area contributed by atoms with Gasteiger partial charge >= 0.3 is 0 Å². The summed E-state index contributed by atoms with van der Waals surface area (Å²) in [6.45, 7) is 8.06. The Kier molecular flexibility index (Phi) is 3.76. The van der Waals surface area contributed by atoms with Crippen LogP contribution in [0.15, 0.2) is 12.1 Å². The maximum Gasteiger partial charge on any atom is 0.254 e. The molecule has 1 rings (SSSR count). The van der Waals surface area contributed by atoms with Gasteiger partial charge in [0.15, 0.2) is 0 Å². The van der Waals surface area contributed by atoms with E-state index in [-0.39, 0.29) is 11.0 Å². The van der Waals surface area contributed by atoms with Gasteiger partial charge in [-0.15, -0.1) is 0 Å². The summed E-state index contributed by atoms with van der Waals surface area (Å²) in [7, 11) is 0. The summed E-state index contributed by atoms with van der Waals surface area (Å²) in [5.74, 6) is -0.932. The fraction of sp³-hybridized carbons (Fsp3) is 0.462. The number of hydrogen-bond acceptors (Lipinski definition) is 2. The van der Waals surface area contributed by atoms with Crippen molar-refractivity contribution in [2.75, 3.05) is 12.3 Å². The van der Waals surface area contributed by atoms with Crippen molar-refractivity contribution >= 4 is 11.6 Å². The van der Waals surface area contributed by atoms with Gasteiger partial charge in [-0.1, -0.05) is 20.8 Å². The molecular formula is C13H19FN2O. The Morgan fingerprint density at radius 1 is 1.41 bits per heavy atom.